The van der Waals surface area contributed by atoms with Crippen molar-refractivity contribution in [1.82, 2.24) is 0 Å². The molecule has 0 aliphatic carbocycles. The van der Waals surface area contributed by atoms with Crippen LogP contribution in [-0.2, 0) is 0 Å². The second-order valence-electron chi connectivity index (χ2n) is 2.78. The van der Waals surface area contributed by atoms with Crippen LogP contribution < -0.4 is 0 Å². The molecule has 0 amide bonds. The second-order valence-corrected chi connectivity index (χ2v) is 3.27. The van der Waals surface area contributed by atoms with Crippen LogP contribution in [0.15, 0.2) is 65.6 Å². The average molecular weight is 213 g/mol. The van der Waals surface area contributed by atoms with Crippen molar-refractivity contribution >= 4 is 12.6 Å². The minimum atomic E-state index is 0.626. The zero-order valence-electron chi connectivity index (χ0n) is 8.17. The Labute approximate surface area is 95.4 Å². The Morgan fingerprint density at radius 2 is 1.27 bits per heavy atom. The Kier molecular flexibility index (Phi) is 5.07. The zero-order chi connectivity index (χ0) is 10.9. The van der Waals surface area contributed by atoms with Crippen molar-refractivity contribution in [3.63, 3.8) is 0 Å². The molecule has 0 unspecified atom stereocenters. The Bertz CT molecular complexity index is 405. The number of benzene rings is 2. The SMILES string of the molecule is N#Cc1ccccc1S.c1ccccc1. The van der Waals surface area contributed by atoms with E-state index >= 15 is 0 Å². The summed E-state index contributed by atoms with van der Waals surface area (Å²) in [5, 5.41) is 8.42. The molecule has 0 N–H and O–H groups in total. The highest BCUT2D eigenvalue weighted by Crippen LogP contribution is 2.10. The fourth-order valence-electron chi connectivity index (χ4n) is 0.953. The van der Waals surface area contributed by atoms with E-state index in [0.29, 0.717) is 5.56 Å². The summed E-state index contributed by atoms with van der Waals surface area (Å²) in [5.41, 5.74) is 0.626. The van der Waals surface area contributed by atoms with Crippen molar-refractivity contribution in [2.45, 2.75) is 4.90 Å². The van der Waals surface area contributed by atoms with E-state index in [-0.39, 0.29) is 0 Å². The van der Waals surface area contributed by atoms with Gasteiger partial charge in [-0.05, 0) is 12.1 Å². The first-order valence-corrected chi connectivity index (χ1v) is 4.97. The van der Waals surface area contributed by atoms with Gasteiger partial charge in [-0.2, -0.15) is 5.26 Å². The molecule has 0 atom stereocenters. The van der Waals surface area contributed by atoms with E-state index in [9.17, 15) is 0 Å². The monoisotopic (exact) mass is 213 g/mol. The fourth-order valence-corrected chi connectivity index (χ4v) is 1.16. The molecular weight excluding hydrogens is 202 g/mol. The number of nitrogens with zero attached hydrogens (tertiary/aromatic N) is 1. The summed E-state index contributed by atoms with van der Waals surface area (Å²) in [7, 11) is 0. The summed E-state index contributed by atoms with van der Waals surface area (Å²) < 4.78 is 0. The van der Waals surface area contributed by atoms with Crippen LogP contribution in [0.2, 0.25) is 0 Å². The van der Waals surface area contributed by atoms with Crippen LogP contribution in [0.4, 0.5) is 0 Å². The first kappa shape index (κ1) is 11.4. The molecule has 0 radical (unpaired) electrons. The highest BCUT2D eigenvalue weighted by molar-refractivity contribution is 7.80. The van der Waals surface area contributed by atoms with E-state index in [0.717, 1.165) is 4.90 Å². The van der Waals surface area contributed by atoms with Crippen LogP contribution in [-0.4, -0.2) is 0 Å². The van der Waals surface area contributed by atoms with Crippen LogP contribution >= 0.6 is 12.6 Å². The highest BCUT2D eigenvalue weighted by Gasteiger charge is 1.91. The van der Waals surface area contributed by atoms with Gasteiger partial charge in [0.1, 0.15) is 6.07 Å². The third-order valence-electron chi connectivity index (χ3n) is 1.69. The minimum absolute atomic E-state index is 0.626. The molecule has 0 bridgehead atoms. The lowest BCUT2D eigenvalue weighted by atomic mass is 10.2. The lowest BCUT2D eigenvalue weighted by Crippen LogP contribution is -1.73. The van der Waals surface area contributed by atoms with Crippen molar-refractivity contribution in [2.24, 2.45) is 0 Å². The predicted octanol–water partition coefficient (Wildman–Crippen LogP) is 3.53. The molecule has 0 saturated carbocycles. The fraction of sp³-hybridized carbons (Fsp3) is 0. The van der Waals surface area contributed by atoms with Gasteiger partial charge in [0, 0.05) is 4.90 Å². The molecule has 0 heterocycles. The highest BCUT2D eigenvalue weighted by atomic mass is 32.1. The van der Waals surface area contributed by atoms with Gasteiger partial charge in [0.2, 0.25) is 0 Å². The second kappa shape index (κ2) is 6.69. The lowest BCUT2D eigenvalue weighted by molar-refractivity contribution is 1.38. The van der Waals surface area contributed by atoms with Gasteiger partial charge in [0.15, 0.2) is 0 Å². The van der Waals surface area contributed by atoms with Crippen LogP contribution in [0, 0.1) is 11.3 Å². The van der Waals surface area contributed by atoms with Crippen LogP contribution in [0.25, 0.3) is 0 Å². The third-order valence-corrected chi connectivity index (χ3v) is 2.08. The number of thiol groups is 1. The summed E-state index contributed by atoms with van der Waals surface area (Å²) >= 11 is 4.06. The molecule has 2 aromatic carbocycles. The Morgan fingerprint density at radius 3 is 1.60 bits per heavy atom. The molecule has 2 aromatic rings. The summed E-state index contributed by atoms with van der Waals surface area (Å²) in [4.78, 5) is 0.736. The quantitative estimate of drug-likeness (QED) is 0.665. The number of nitriles is 1. The van der Waals surface area contributed by atoms with Crippen molar-refractivity contribution in [1.29, 1.82) is 5.26 Å². The van der Waals surface area contributed by atoms with Gasteiger partial charge in [0.25, 0.3) is 0 Å². The van der Waals surface area contributed by atoms with Crippen molar-refractivity contribution in [2.75, 3.05) is 0 Å². The van der Waals surface area contributed by atoms with E-state index in [1.165, 1.54) is 0 Å². The van der Waals surface area contributed by atoms with Crippen molar-refractivity contribution in [3.8, 4) is 6.07 Å². The van der Waals surface area contributed by atoms with Gasteiger partial charge in [-0.25, -0.2) is 0 Å². The summed E-state index contributed by atoms with van der Waals surface area (Å²) in [5.74, 6) is 0. The molecule has 0 aliphatic rings. The smallest absolute Gasteiger partial charge is 0.100 e. The number of hydrogen-bond donors (Lipinski definition) is 1. The summed E-state index contributed by atoms with van der Waals surface area (Å²) in [6, 6.07) is 21.2. The van der Waals surface area contributed by atoms with E-state index in [4.69, 9.17) is 5.26 Å². The van der Waals surface area contributed by atoms with Gasteiger partial charge in [-0.1, -0.05) is 48.5 Å². The van der Waals surface area contributed by atoms with Crippen LogP contribution in [0.5, 0.6) is 0 Å². The van der Waals surface area contributed by atoms with Gasteiger partial charge < -0.3 is 0 Å². The Balaban J connectivity index is 0.000000162. The molecule has 2 heteroatoms. The molecule has 0 spiro atoms. The van der Waals surface area contributed by atoms with Gasteiger partial charge >= 0.3 is 0 Å². The van der Waals surface area contributed by atoms with Gasteiger partial charge in [-0.3, -0.25) is 0 Å². The molecule has 1 nitrogen and oxygen atoms in total. The molecule has 2 rings (SSSR count). The molecule has 0 saturated heterocycles. The third kappa shape index (κ3) is 4.35. The van der Waals surface area contributed by atoms with Crippen LogP contribution in [0.1, 0.15) is 5.56 Å². The summed E-state index contributed by atoms with van der Waals surface area (Å²) in [6.07, 6.45) is 0. The first-order chi connectivity index (χ1) is 7.34. The number of hydrogen-bond acceptors (Lipinski definition) is 2. The maximum Gasteiger partial charge on any atom is 0.100 e. The molecular formula is C13H11NS. The van der Waals surface area contributed by atoms with E-state index < -0.39 is 0 Å². The minimum Gasteiger partial charge on any atom is -0.192 e. The zero-order valence-corrected chi connectivity index (χ0v) is 9.06. The molecule has 15 heavy (non-hydrogen) atoms. The van der Waals surface area contributed by atoms with Crippen molar-refractivity contribution in [3.05, 3.63) is 66.2 Å². The van der Waals surface area contributed by atoms with Crippen LogP contribution in [0.3, 0.4) is 0 Å². The largest absolute Gasteiger partial charge is 0.192 e. The summed E-state index contributed by atoms with van der Waals surface area (Å²) in [6.45, 7) is 0. The Hall–Kier alpha value is -1.72. The number of rotatable bonds is 0. The van der Waals surface area contributed by atoms with E-state index in [1.807, 2.05) is 54.6 Å². The topological polar surface area (TPSA) is 23.8 Å². The van der Waals surface area contributed by atoms with Gasteiger partial charge in [-0.15, -0.1) is 12.6 Å². The van der Waals surface area contributed by atoms with E-state index in [2.05, 4.69) is 12.6 Å². The first-order valence-electron chi connectivity index (χ1n) is 4.52. The standard InChI is InChI=1S/C7H5NS.C6H6/c8-5-6-3-1-2-4-7(6)9;1-2-4-6-5-3-1/h1-4,9H;1-6H. The Morgan fingerprint density at radius 1 is 0.800 bits per heavy atom. The normalized spacial score (nSPS) is 8.27. The maximum atomic E-state index is 8.42. The maximum absolute atomic E-state index is 8.42. The van der Waals surface area contributed by atoms with Gasteiger partial charge in [0.05, 0.1) is 5.56 Å². The predicted molar refractivity (Wildman–Crippen MR) is 64.9 cm³/mol. The van der Waals surface area contributed by atoms with E-state index in [1.54, 1.807) is 12.1 Å². The average Bonchev–Trinajstić information content (AvgIpc) is 2.33. The molecule has 0 aromatic heterocycles. The van der Waals surface area contributed by atoms with Crippen molar-refractivity contribution < 1.29 is 0 Å². The lowest BCUT2D eigenvalue weighted by Gasteiger charge is -1.89. The molecule has 0 aliphatic heterocycles. The molecule has 0 fully saturated rings. The molecule has 74 valence electrons.